The number of esters is 1. The molecular formula is C22H23N3O5. The lowest BCUT2D eigenvalue weighted by molar-refractivity contribution is -0.151. The zero-order valence-corrected chi connectivity index (χ0v) is 16.8. The second-order valence-electron chi connectivity index (χ2n) is 7.19. The second-order valence-corrected chi connectivity index (χ2v) is 7.19. The van der Waals surface area contributed by atoms with Gasteiger partial charge < -0.3 is 10.1 Å². The Morgan fingerprint density at radius 1 is 1.10 bits per heavy atom. The van der Waals surface area contributed by atoms with Crippen LogP contribution in [0.3, 0.4) is 0 Å². The van der Waals surface area contributed by atoms with Gasteiger partial charge in [0.05, 0.1) is 12.5 Å². The first-order chi connectivity index (χ1) is 14.3. The highest BCUT2D eigenvalue weighted by molar-refractivity contribution is 5.97. The Balaban J connectivity index is 1.49. The van der Waals surface area contributed by atoms with Crippen molar-refractivity contribution in [2.45, 2.75) is 20.3 Å². The Morgan fingerprint density at radius 3 is 2.60 bits per heavy atom. The number of para-hydroxylation sites is 1. The number of aryl methyl sites for hydroxylation is 2. The summed E-state index contributed by atoms with van der Waals surface area (Å²) in [4.78, 5) is 48.8. The summed E-state index contributed by atoms with van der Waals surface area (Å²) in [5.41, 5.74) is 5.38. The van der Waals surface area contributed by atoms with Gasteiger partial charge in [-0.1, -0.05) is 35.9 Å². The van der Waals surface area contributed by atoms with Gasteiger partial charge >= 0.3 is 5.97 Å². The number of hydrogen-bond acceptors (Lipinski definition) is 5. The molecule has 0 unspecified atom stereocenters. The Hall–Kier alpha value is -3.68. The molecule has 156 valence electrons. The number of amides is 3. The monoisotopic (exact) mass is 409 g/mol. The molecule has 2 aromatic carbocycles. The van der Waals surface area contributed by atoms with Gasteiger partial charge in [-0.25, -0.2) is 0 Å². The van der Waals surface area contributed by atoms with Crippen LogP contribution in [-0.4, -0.2) is 41.9 Å². The van der Waals surface area contributed by atoms with E-state index in [1.165, 1.54) is 0 Å². The Labute approximate surface area is 174 Å². The summed E-state index contributed by atoms with van der Waals surface area (Å²) in [6, 6.07) is 14.2. The van der Waals surface area contributed by atoms with Gasteiger partial charge in [0.1, 0.15) is 0 Å². The van der Waals surface area contributed by atoms with Crippen LogP contribution in [0.5, 0.6) is 0 Å². The van der Waals surface area contributed by atoms with E-state index in [1.807, 2.05) is 32.0 Å². The molecule has 0 spiro atoms. The first-order valence-electron chi connectivity index (χ1n) is 9.53. The number of nitrogens with one attached hydrogen (secondary N) is 2. The van der Waals surface area contributed by atoms with Crippen LogP contribution in [0.1, 0.15) is 27.9 Å². The maximum Gasteiger partial charge on any atom is 0.311 e. The molecule has 0 aliphatic carbocycles. The third kappa shape index (κ3) is 5.22. The van der Waals surface area contributed by atoms with E-state index in [1.54, 1.807) is 30.3 Å². The number of ether oxygens (including phenoxy) is 1. The van der Waals surface area contributed by atoms with Crippen molar-refractivity contribution in [3.63, 3.8) is 0 Å². The number of carbonyl (C=O) groups excluding carboxylic acids is 4. The molecule has 1 fully saturated rings. The summed E-state index contributed by atoms with van der Waals surface area (Å²) in [7, 11) is 0. The van der Waals surface area contributed by atoms with Gasteiger partial charge in [0.2, 0.25) is 5.91 Å². The molecule has 1 aliphatic rings. The lowest BCUT2D eigenvalue weighted by atomic mass is 10.1. The fourth-order valence-electron chi connectivity index (χ4n) is 3.10. The molecule has 2 N–H and O–H groups in total. The molecule has 0 radical (unpaired) electrons. The minimum atomic E-state index is -0.749. The van der Waals surface area contributed by atoms with Crippen molar-refractivity contribution >= 4 is 29.4 Å². The summed E-state index contributed by atoms with van der Waals surface area (Å²) in [5.74, 6) is -2.69. The number of nitrogens with zero attached hydrogens (tertiary/aromatic N) is 1. The predicted molar refractivity (Wildman–Crippen MR) is 109 cm³/mol. The van der Waals surface area contributed by atoms with Gasteiger partial charge in [-0.2, -0.15) is 0 Å². The van der Waals surface area contributed by atoms with E-state index < -0.39 is 30.3 Å². The number of rotatable bonds is 6. The third-order valence-electron chi connectivity index (χ3n) is 4.74. The van der Waals surface area contributed by atoms with Crippen molar-refractivity contribution in [3.8, 4) is 0 Å². The average Bonchev–Trinajstić information content (AvgIpc) is 3.08. The molecule has 1 saturated heterocycles. The third-order valence-corrected chi connectivity index (χ3v) is 4.74. The highest BCUT2D eigenvalue weighted by Gasteiger charge is 2.36. The van der Waals surface area contributed by atoms with Gasteiger partial charge in [0, 0.05) is 17.7 Å². The minimum absolute atomic E-state index is 0.00532. The smallest absolute Gasteiger partial charge is 0.311 e. The highest BCUT2D eigenvalue weighted by atomic mass is 16.5. The van der Waals surface area contributed by atoms with Crippen molar-refractivity contribution in [1.82, 2.24) is 10.4 Å². The van der Waals surface area contributed by atoms with Crippen LogP contribution in [0.25, 0.3) is 0 Å². The molecule has 3 rings (SSSR count). The van der Waals surface area contributed by atoms with E-state index in [0.717, 1.165) is 16.1 Å². The van der Waals surface area contributed by atoms with E-state index >= 15 is 0 Å². The summed E-state index contributed by atoms with van der Waals surface area (Å²) in [5, 5.41) is 3.79. The molecule has 1 aliphatic heterocycles. The van der Waals surface area contributed by atoms with E-state index in [4.69, 9.17) is 4.74 Å². The standard InChI is InChI=1S/C22H23N3O5/c1-14-6-5-8-16(10-14)21(28)24-25-12-17(11-20(25)27)22(29)30-13-19(26)23-18-9-4-3-7-15(18)2/h3-10,17H,11-13H2,1-2H3,(H,23,26)(H,24,28)/t17-/m1/s1. The number of benzene rings is 2. The van der Waals surface area contributed by atoms with Crippen molar-refractivity contribution in [2.75, 3.05) is 18.5 Å². The van der Waals surface area contributed by atoms with E-state index in [0.29, 0.717) is 11.3 Å². The Bertz CT molecular complexity index is 988. The lowest BCUT2D eigenvalue weighted by Gasteiger charge is -2.17. The van der Waals surface area contributed by atoms with E-state index in [9.17, 15) is 19.2 Å². The number of anilines is 1. The van der Waals surface area contributed by atoms with Crippen LogP contribution in [0.4, 0.5) is 5.69 Å². The maximum atomic E-state index is 12.3. The van der Waals surface area contributed by atoms with E-state index in [-0.39, 0.29) is 18.9 Å². The van der Waals surface area contributed by atoms with Crippen LogP contribution < -0.4 is 10.7 Å². The molecule has 8 heteroatoms. The SMILES string of the molecule is Cc1cccc(C(=O)NN2C[C@H](C(=O)OCC(=O)Nc3ccccc3C)CC2=O)c1. The minimum Gasteiger partial charge on any atom is -0.455 e. The fraction of sp³-hybridized carbons (Fsp3) is 0.273. The number of carbonyl (C=O) groups is 4. The zero-order chi connectivity index (χ0) is 21.7. The quantitative estimate of drug-likeness (QED) is 0.710. The molecule has 8 nitrogen and oxygen atoms in total. The summed E-state index contributed by atoms with van der Waals surface area (Å²) < 4.78 is 5.06. The summed E-state index contributed by atoms with van der Waals surface area (Å²) in [6.07, 6.45) is -0.0909. The molecule has 0 saturated carbocycles. The molecule has 2 aromatic rings. The molecule has 30 heavy (non-hydrogen) atoms. The molecule has 0 aromatic heterocycles. The van der Waals surface area contributed by atoms with Crippen LogP contribution in [0.15, 0.2) is 48.5 Å². The summed E-state index contributed by atoms with van der Waals surface area (Å²) in [6.45, 7) is 3.26. The zero-order valence-electron chi connectivity index (χ0n) is 16.8. The van der Waals surface area contributed by atoms with Gasteiger partial charge in [-0.15, -0.1) is 0 Å². The van der Waals surface area contributed by atoms with Crippen molar-refractivity contribution in [3.05, 3.63) is 65.2 Å². The molecule has 1 atom stereocenters. The predicted octanol–water partition coefficient (Wildman–Crippen LogP) is 1.98. The van der Waals surface area contributed by atoms with Crippen molar-refractivity contribution in [2.24, 2.45) is 5.92 Å². The van der Waals surface area contributed by atoms with Crippen LogP contribution in [-0.2, 0) is 19.1 Å². The normalized spacial score (nSPS) is 15.6. The molecule has 0 bridgehead atoms. The highest BCUT2D eigenvalue weighted by Crippen LogP contribution is 2.18. The van der Waals surface area contributed by atoms with Crippen LogP contribution in [0, 0.1) is 19.8 Å². The van der Waals surface area contributed by atoms with Gasteiger partial charge in [-0.3, -0.25) is 29.6 Å². The first kappa shape index (κ1) is 21.0. The Kier molecular flexibility index (Phi) is 6.46. The maximum absolute atomic E-state index is 12.3. The molecule has 1 heterocycles. The lowest BCUT2D eigenvalue weighted by Crippen LogP contribution is -2.43. The average molecular weight is 409 g/mol. The first-order valence-corrected chi connectivity index (χ1v) is 9.53. The second kappa shape index (κ2) is 9.21. The number of hydrazine groups is 1. The molecule has 3 amide bonds. The van der Waals surface area contributed by atoms with Crippen LogP contribution >= 0.6 is 0 Å². The van der Waals surface area contributed by atoms with Gasteiger partial charge in [0.15, 0.2) is 6.61 Å². The Morgan fingerprint density at radius 2 is 1.87 bits per heavy atom. The topological polar surface area (TPSA) is 105 Å². The van der Waals surface area contributed by atoms with E-state index in [2.05, 4.69) is 10.7 Å². The van der Waals surface area contributed by atoms with Crippen molar-refractivity contribution < 1.29 is 23.9 Å². The van der Waals surface area contributed by atoms with Crippen LogP contribution in [0.2, 0.25) is 0 Å². The fourth-order valence-corrected chi connectivity index (χ4v) is 3.10. The van der Waals surface area contributed by atoms with Crippen molar-refractivity contribution in [1.29, 1.82) is 0 Å². The summed E-state index contributed by atoms with van der Waals surface area (Å²) >= 11 is 0. The number of hydrogen-bond donors (Lipinski definition) is 2. The van der Waals surface area contributed by atoms with Gasteiger partial charge in [-0.05, 0) is 37.6 Å². The largest absolute Gasteiger partial charge is 0.455 e. The van der Waals surface area contributed by atoms with Gasteiger partial charge in [0.25, 0.3) is 11.8 Å². The molecular weight excluding hydrogens is 386 g/mol.